The fourth-order valence-corrected chi connectivity index (χ4v) is 3.56. The molecule has 0 aliphatic carbocycles. The van der Waals surface area contributed by atoms with E-state index in [-0.39, 0.29) is 4.87 Å². The molecular formula is C19H25NS. The fraction of sp³-hybridized carbons (Fsp3) is 0.368. The highest BCUT2D eigenvalue weighted by Gasteiger charge is 2.29. The maximum absolute atomic E-state index is 5.07. The van der Waals surface area contributed by atoms with Crippen molar-refractivity contribution >= 4 is 35.7 Å². The van der Waals surface area contributed by atoms with Crippen molar-refractivity contribution in [3.8, 4) is 0 Å². The minimum absolute atomic E-state index is 0.162. The topological polar surface area (TPSA) is 4.93 Å². The number of thiol groups is 1. The summed E-state index contributed by atoms with van der Waals surface area (Å²) in [5, 5.41) is 1.25. The van der Waals surface area contributed by atoms with Gasteiger partial charge in [-0.15, -0.1) is 0 Å². The minimum Gasteiger partial charge on any atom is -0.325 e. The van der Waals surface area contributed by atoms with Crippen molar-refractivity contribution in [3.05, 3.63) is 48.2 Å². The fourth-order valence-electron chi connectivity index (χ4n) is 3.12. The highest BCUT2D eigenvalue weighted by Crippen LogP contribution is 2.40. The highest BCUT2D eigenvalue weighted by molar-refractivity contribution is 7.81. The molecule has 2 rings (SSSR count). The molecule has 0 bridgehead atoms. The van der Waals surface area contributed by atoms with Gasteiger partial charge in [0.15, 0.2) is 0 Å². The van der Waals surface area contributed by atoms with Crippen molar-refractivity contribution in [2.45, 2.75) is 44.9 Å². The van der Waals surface area contributed by atoms with Crippen molar-refractivity contribution < 1.29 is 0 Å². The van der Waals surface area contributed by atoms with E-state index in [1.54, 1.807) is 0 Å². The van der Waals surface area contributed by atoms with E-state index in [4.69, 9.17) is 12.6 Å². The number of fused-ring (bicyclic) bond motifs is 1. The third-order valence-electron chi connectivity index (χ3n) is 4.11. The Kier molecular flexibility index (Phi) is 5.00. The van der Waals surface area contributed by atoms with Gasteiger partial charge in [0, 0.05) is 16.6 Å². The van der Waals surface area contributed by atoms with Gasteiger partial charge in [-0.1, -0.05) is 57.2 Å². The average Bonchev–Trinajstić information content (AvgIpc) is 2.81. The van der Waals surface area contributed by atoms with Gasteiger partial charge < -0.3 is 4.57 Å². The van der Waals surface area contributed by atoms with Gasteiger partial charge in [0.05, 0.1) is 10.4 Å². The van der Waals surface area contributed by atoms with Crippen LogP contribution in [0.5, 0.6) is 0 Å². The summed E-state index contributed by atoms with van der Waals surface area (Å²) in [7, 11) is 0. The predicted octanol–water partition coefficient (Wildman–Crippen LogP) is 6.11. The Hall–Kier alpha value is -1.41. The van der Waals surface area contributed by atoms with Crippen molar-refractivity contribution in [1.29, 1.82) is 0 Å². The van der Waals surface area contributed by atoms with Crippen LogP contribution in [0.2, 0.25) is 0 Å². The number of hydrogen-bond donors (Lipinski definition) is 1. The Balaban J connectivity index is 2.88. The number of nitrogens with zero attached hydrogens (tertiary/aromatic N) is 1. The van der Waals surface area contributed by atoms with Crippen LogP contribution in [0.4, 0.5) is 0 Å². The number of hydrogen-bond acceptors (Lipinski definition) is 1. The average molecular weight is 299 g/mol. The summed E-state index contributed by atoms with van der Waals surface area (Å²) in [4.78, 5) is -0.162. The molecule has 112 valence electrons. The summed E-state index contributed by atoms with van der Waals surface area (Å²) in [6.07, 6.45) is 9.38. The number of aromatic nitrogens is 1. The van der Waals surface area contributed by atoms with Crippen LogP contribution in [0.1, 0.15) is 51.3 Å². The van der Waals surface area contributed by atoms with Crippen LogP contribution in [-0.2, 0) is 4.87 Å². The van der Waals surface area contributed by atoms with E-state index in [1.807, 2.05) is 6.08 Å². The van der Waals surface area contributed by atoms with Crippen LogP contribution < -0.4 is 0 Å². The standard InChI is InChI=1S/C19H25NS/c1-5-11-17-15(7-3)16-12-9-10-13-18(16)20(17)19(21,8-4)14-6-2/h5,7,9-13,21H,3,6,8,14H2,1-2,4H3/b11-5-. The van der Waals surface area contributed by atoms with E-state index in [0.717, 1.165) is 19.3 Å². The third-order valence-corrected chi connectivity index (χ3v) is 4.85. The summed E-state index contributed by atoms with van der Waals surface area (Å²) in [5.74, 6) is 0. The lowest BCUT2D eigenvalue weighted by Gasteiger charge is -2.32. The Morgan fingerprint density at radius 3 is 2.57 bits per heavy atom. The second kappa shape index (κ2) is 6.57. The number of benzene rings is 1. The predicted molar refractivity (Wildman–Crippen MR) is 98.9 cm³/mol. The van der Waals surface area contributed by atoms with Crippen molar-refractivity contribution in [3.63, 3.8) is 0 Å². The van der Waals surface area contributed by atoms with Crippen molar-refractivity contribution in [2.75, 3.05) is 0 Å². The number of rotatable bonds is 6. The van der Waals surface area contributed by atoms with Crippen molar-refractivity contribution in [1.82, 2.24) is 4.57 Å². The van der Waals surface area contributed by atoms with E-state index >= 15 is 0 Å². The lowest BCUT2D eigenvalue weighted by Crippen LogP contribution is -2.27. The molecule has 0 N–H and O–H groups in total. The zero-order valence-electron chi connectivity index (χ0n) is 13.3. The first-order chi connectivity index (χ1) is 10.1. The SMILES string of the molecule is C=Cc1c(/C=C\C)n(C(S)(CC)CCC)c2ccccc12. The quantitative estimate of drug-likeness (QED) is 0.614. The zero-order valence-corrected chi connectivity index (χ0v) is 14.2. The smallest absolute Gasteiger partial charge is 0.0878 e. The molecule has 0 fully saturated rings. The molecule has 2 aromatic rings. The molecule has 0 spiro atoms. The van der Waals surface area contributed by atoms with E-state index in [2.05, 4.69) is 68.3 Å². The van der Waals surface area contributed by atoms with Gasteiger partial charge in [-0.2, -0.15) is 12.6 Å². The molecule has 0 radical (unpaired) electrons. The van der Waals surface area contributed by atoms with Gasteiger partial charge in [-0.25, -0.2) is 0 Å². The normalized spacial score (nSPS) is 14.7. The maximum Gasteiger partial charge on any atom is 0.0878 e. The molecule has 1 heterocycles. The summed E-state index contributed by atoms with van der Waals surface area (Å²) in [6, 6.07) is 8.54. The van der Waals surface area contributed by atoms with Gasteiger partial charge in [-0.05, 0) is 31.9 Å². The third kappa shape index (κ3) is 2.69. The monoisotopic (exact) mass is 299 g/mol. The van der Waals surface area contributed by atoms with Crippen LogP contribution in [-0.4, -0.2) is 4.57 Å². The first-order valence-electron chi connectivity index (χ1n) is 7.74. The zero-order chi connectivity index (χ0) is 15.5. The largest absolute Gasteiger partial charge is 0.325 e. The van der Waals surface area contributed by atoms with Crippen LogP contribution in [0.15, 0.2) is 36.9 Å². The summed E-state index contributed by atoms with van der Waals surface area (Å²) < 4.78 is 2.39. The Morgan fingerprint density at radius 2 is 2.00 bits per heavy atom. The highest BCUT2D eigenvalue weighted by atomic mass is 32.1. The first kappa shape index (κ1) is 16.0. The molecular weight excluding hydrogens is 274 g/mol. The van der Waals surface area contributed by atoms with Gasteiger partial charge in [-0.3, -0.25) is 0 Å². The molecule has 1 nitrogen and oxygen atoms in total. The molecule has 0 aliphatic heterocycles. The summed E-state index contributed by atoms with van der Waals surface area (Å²) in [6.45, 7) is 10.5. The lowest BCUT2D eigenvalue weighted by atomic mass is 10.1. The molecule has 0 saturated carbocycles. The number of allylic oxidation sites excluding steroid dienone is 1. The second-order valence-corrected chi connectivity index (χ2v) is 6.27. The minimum atomic E-state index is -0.162. The van der Waals surface area contributed by atoms with E-state index in [9.17, 15) is 0 Å². The summed E-state index contributed by atoms with van der Waals surface area (Å²) in [5.41, 5.74) is 3.65. The molecule has 1 unspecified atom stereocenters. The Labute approximate surface area is 133 Å². The van der Waals surface area contributed by atoms with Crippen LogP contribution >= 0.6 is 12.6 Å². The molecule has 0 amide bonds. The summed E-state index contributed by atoms with van der Waals surface area (Å²) >= 11 is 5.07. The van der Waals surface area contributed by atoms with Gasteiger partial charge in [0.2, 0.25) is 0 Å². The Bertz CT molecular complexity index is 666. The molecule has 0 aliphatic rings. The second-order valence-electron chi connectivity index (χ2n) is 5.44. The van der Waals surface area contributed by atoms with Gasteiger partial charge in [0.1, 0.15) is 0 Å². The molecule has 1 atom stereocenters. The lowest BCUT2D eigenvalue weighted by molar-refractivity contribution is 0.407. The first-order valence-corrected chi connectivity index (χ1v) is 8.19. The molecule has 21 heavy (non-hydrogen) atoms. The van der Waals surface area contributed by atoms with Crippen molar-refractivity contribution in [2.24, 2.45) is 0 Å². The number of para-hydroxylation sites is 1. The van der Waals surface area contributed by atoms with Gasteiger partial charge in [0.25, 0.3) is 0 Å². The van der Waals surface area contributed by atoms with Crippen LogP contribution in [0, 0.1) is 0 Å². The van der Waals surface area contributed by atoms with E-state index in [1.165, 1.54) is 22.2 Å². The molecule has 2 heteroatoms. The van der Waals surface area contributed by atoms with E-state index in [0.29, 0.717) is 0 Å². The van der Waals surface area contributed by atoms with Crippen LogP contribution in [0.3, 0.4) is 0 Å². The Morgan fingerprint density at radius 1 is 1.29 bits per heavy atom. The van der Waals surface area contributed by atoms with Crippen LogP contribution in [0.25, 0.3) is 23.1 Å². The van der Waals surface area contributed by atoms with Gasteiger partial charge >= 0.3 is 0 Å². The maximum atomic E-state index is 5.07. The molecule has 0 saturated heterocycles. The van der Waals surface area contributed by atoms with E-state index < -0.39 is 0 Å². The molecule has 1 aromatic carbocycles. The molecule has 1 aromatic heterocycles.